The van der Waals surface area contributed by atoms with Gasteiger partial charge in [-0.05, 0) is 30.2 Å². The molecule has 8 heteroatoms. The number of aliphatic imine (C=N–C) groups is 1. The van der Waals surface area contributed by atoms with E-state index in [9.17, 15) is 17.6 Å². The van der Waals surface area contributed by atoms with E-state index in [1.54, 1.807) is 12.1 Å². The molecule has 0 radical (unpaired) electrons. The van der Waals surface area contributed by atoms with Gasteiger partial charge in [0.25, 0.3) is 5.91 Å². The zero-order valence-corrected chi connectivity index (χ0v) is 17.5. The van der Waals surface area contributed by atoms with Crippen molar-refractivity contribution in [1.29, 1.82) is 0 Å². The molecule has 0 unspecified atom stereocenters. The van der Waals surface area contributed by atoms with Gasteiger partial charge in [0, 0.05) is 11.8 Å². The molecule has 0 bridgehead atoms. The third-order valence-electron chi connectivity index (χ3n) is 5.14. The number of hydrogen-bond donors (Lipinski definition) is 0. The number of sulfone groups is 1. The third-order valence-corrected chi connectivity index (χ3v) is 8.38. The van der Waals surface area contributed by atoms with Gasteiger partial charge in [0.15, 0.2) is 15.0 Å². The summed E-state index contributed by atoms with van der Waals surface area (Å²) in [5.74, 6) is -0.443. The first-order chi connectivity index (χ1) is 13.8. The number of amidine groups is 1. The minimum Gasteiger partial charge on any atom is -0.342 e. The highest BCUT2D eigenvalue weighted by Crippen LogP contribution is 2.39. The molecule has 0 saturated carbocycles. The molecule has 5 nitrogen and oxygen atoms in total. The van der Waals surface area contributed by atoms with Crippen molar-refractivity contribution in [3.8, 4) is 0 Å². The lowest BCUT2D eigenvalue weighted by Gasteiger charge is -2.24. The molecule has 2 aliphatic heterocycles. The van der Waals surface area contributed by atoms with Gasteiger partial charge in [-0.2, -0.15) is 4.99 Å². The van der Waals surface area contributed by atoms with Gasteiger partial charge in [0.05, 0.1) is 24.0 Å². The van der Waals surface area contributed by atoms with Gasteiger partial charge in [-0.15, -0.1) is 0 Å². The van der Waals surface area contributed by atoms with Gasteiger partial charge < -0.3 is 4.90 Å². The number of fused-ring (bicyclic) bond motifs is 1. The number of aryl methyl sites for hydroxylation is 1. The Morgan fingerprint density at radius 1 is 1.10 bits per heavy atom. The Morgan fingerprint density at radius 2 is 1.76 bits per heavy atom. The molecule has 2 heterocycles. The summed E-state index contributed by atoms with van der Waals surface area (Å²) in [5.41, 5.74) is 2.86. The van der Waals surface area contributed by atoms with E-state index in [1.807, 2.05) is 36.1 Å². The molecule has 0 aromatic heterocycles. The highest BCUT2D eigenvalue weighted by Gasteiger charge is 2.48. The second-order valence-electron chi connectivity index (χ2n) is 7.51. The summed E-state index contributed by atoms with van der Waals surface area (Å²) in [6.45, 7) is 2.38. The standard InChI is InChI=1S/C21H21FN2O3S2/c1-14-2-4-15(5-3-14)10-20(25)23-21-24(11-16-6-8-17(22)9-7-16)18-12-29(26,27)13-19(18)28-21/h2-9,18-19H,10-13H2,1H3/t18-,19+/m1/s1. The topological polar surface area (TPSA) is 66.8 Å². The van der Waals surface area contributed by atoms with E-state index in [4.69, 9.17) is 0 Å². The quantitative estimate of drug-likeness (QED) is 0.743. The van der Waals surface area contributed by atoms with Gasteiger partial charge in [-0.3, -0.25) is 4.79 Å². The molecule has 2 fully saturated rings. The van der Waals surface area contributed by atoms with Crippen molar-refractivity contribution in [2.24, 2.45) is 4.99 Å². The molecule has 0 spiro atoms. The summed E-state index contributed by atoms with van der Waals surface area (Å²) in [4.78, 5) is 18.8. The molecule has 0 aliphatic carbocycles. The molecule has 0 N–H and O–H groups in total. The second-order valence-corrected chi connectivity index (χ2v) is 10.9. The normalized spacial score (nSPS) is 24.1. The van der Waals surface area contributed by atoms with Gasteiger partial charge in [0.1, 0.15) is 5.82 Å². The van der Waals surface area contributed by atoms with Crippen LogP contribution in [-0.2, 0) is 27.6 Å². The molecule has 2 aliphatic rings. The van der Waals surface area contributed by atoms with Crippen molar-refractivity contribution in [3.05, 3.63) is 71.0 Å². The smallest absolute Gasteiger partial charge is 0.252 e. The van der Waals surface area contributed by atoms with Crippen LogP contribution in [0.5, 0.6) is 0 Å². The molecule has 1 amide bonds. The van der Waals surface area contributed by atoms with Crippen LogP contribution in [-0.4, -0.2) is 47.2 Å². The van der Waals surface area contributed by atoms with E-state index >= 15 is 0 Å². The van der Waals surface area contributed by atoms with Crippen LogP contribution in [0, 0.1) is 12.7 Å². The van der Waals surface area contributed by atoms with Crippen LogP contribution in [0.4, 0.5) is 4.39 Å². The number of nitrogens with zero attached hydrogens (tertiary/aromatic N) is 2. The zero-order valence-electron chi connectivity index (χ0n) is 15.9. The number of amides is 1. The second kappa shape index (κ2) is 7.91. The molecule has 152 valence electrons. The Balaban J connectivity index is 1.56. The highest BCUT2D eigenvalue weighted by atomic mass is 32.2. The molecule has 29 heavy (non-hydrogen) atoms. The summed E-state index contributed by atoms with van der Waals surface area (Å²) in [6.07, 6.45) is 0.197. The SMILES string of the molecule is Cc1ccc(CC(=O)N=C2S[C@H]3CS(=O)(=O)C[C@H]3N2Cc2ccc(F)cc2)cc1. The summed E-state index contributed by atoms with van der Waals surface area (Å²) in [7, 11) is -3.10. The Morgan fingerprint density at radius 3 is 2.45 bits per heavy atom. The first-order valence-electron chi connectivity index (χ1n) is 9.34. The highest BCUT2D eigenvalue weighted by molar-refractivity contribution is 8.15. The molecule has 2 saturated heterocycles. The molecular weight excluding hydrogens is 411 g/mol. The first kappa shape index (κ1) is 20.1. The van der Waals surface area contributed by atoms with Gasteiger partial charge >= 0.3 is 0 Å². The van der Waals surface area contributed by atoms with E-state index in [0.717, 1.165) is 16.7 Å². The number of halogens is 1. The molecular formula is C21H21FN2O3S2. The minimum atomic E-state index is -3.10. The first-order valence-corrected chi connectivity index (χ1v) is 12.0. The molecule has 2 aromatic rings. The van der Waals surface area contributed by atoms with Crippen LogP contribution in [0.3, 0.4) is 0 Å². The van der Waals surface area contributed by atoms with Crippen LogP contribution in [0.25, 0.3) is 0 Å². The van der Waals surface area contributed by atoms with Crippen molar-refractivity contribution in [2.75, 3.05) is 11.5 Å². The van der Waals surface area contributed by atoms with Crippen LogP contribution in [0.1, 0.15) is 16.7 Å². The summed E-state index contributed by atoms with van der Waals surface area (Å²) >= 11 is 1.36. The van der Waals surface area contributed by atoms with E-state index in [0.29, 0.717) is 11.7 Å². The number of carbonyl (C=O) groups excluding carboxylic acids is 1. The Kier molecular flexibility index (Phi) is 5.48. The van der Waals surface area contributed by atoms with E-state index in [2.05, 4.69) is 4.99 Å². The fourth-order valence-electron chi connectivity index (χ4n) is 3.63. The van der Waals surface area contributed by atoms with Crippen LogP contribution < -0.4 is 0 Å². The summed E-state index contributed by atoms with van der Waals surface area (Å²) in [5, 5.41) is 0.419. The fourth-order valence-corrected chi connectivity index (χ4v) is 7.60. The van der Waals surface area contributed by atoms with Crippen LogP contribution in [0.2, 0.25) is 0 Å². The van der Waals surface area contributed by atoms with Gasteiger partial charge in [0.2, 0.25) is 0 Å². The lowest BCUT2D eigenvalue weighted by molar-refractivity contribution is -0.117. The summed E-state index contributed by atoms with van der Waals surface area (Å²) in [6, 6.07) is 13.6. The Bertz CT molecular complexity index is 1050. The Hall–Kier alpha value is -2.19. The van der Waals surface area contributed by atoms with Gasteiger partial charge in [-0.25, -0.2) is 12.8 Å². The predicted molar refractivity (Wildman–Crippen MR) is 113 cm³/mol. The molecule has 2 atom stereocenters. The van der Waals surface area contributed by atoms with Gasteiger partial charge in [-0.1, -0.05) is 53.7 Å². The van der Waals surface area contributed by atoms with E-state index in [-0.39, 0.29) is 40.9 Å². The number of benzene rings is 2. The maximum atomic E-state index is 13.2. The van der Waals surface area contributed by atoms with Crippen LogP contribution >= 0.6 is 11.8 Å². The number of carbonyl (C=O) groups is 1. The lowest BCUT2D eigenvalue weighted by Crippen LogP contribution is -2.37. The third kappa shape index (κ3) is 4.70. The maximum absolute atomic E-state index is 13.2. The fraction of sp³-hybridized carbons (Fsp3) is 0.333. The van der Waals surface area contributed by atoms with E-state index in [1.165, 1.54) is 23.9 Å². The average molecular weight is 433 g/mol. The number of thioether (sulfide) groups is 1. The largest absolute Gasteiger partial charge is 0.342 e. The monoisotopic (exact) mass is 432 g/mol. The maximum Gasteiger partial charge on any atom is 0.252 e. The van der Waals surface area contributed by atoms with Crippen molar-refractivity contribution in [3.63, 3.8) is 0 Å². The number of rotatable bonds is 4. The Labute approximate surface area is 173 Å². The summed E-state index contributed by atoms with van der Waals surface area (Å²) < 4.78 is 37.4. The minimum absolute atomic E-state index is 0.0526. The average Bonchev–Trinajstić information content (AvgIpc) is 3.11. The molecule has 2 aromatic carbocycles. The lowest BCUT2D eigenvalue weighted by atomic mass is 10.1. The predicted octanol–water partition coefficient (Wildman–Crippen LogP) is 2.97. The zero-order chi connectivity index (χ0) is 20.6. The molecule has 4 rings (SSSR count). The van der Waals surface area contributed by atoms with E-state index < -0.39 is 9.84 Å². The number of hydrogen-bond acceptors (Lipinski definition) is 4. The van der Waals surface area contributed by atoms with Crippen molar-refractivity contribution in [1.82, 2.24) is 4.90 Å². The van der Waals surface area contributed by atoms with Crippen molar-refractivity contribution < 1.29 is 17.6 Å². The van der Waals surface area contributed by atoms with Crippen molar-refractivity contribution >= 4 is 32.7 Å². The van der Waals surface area contributed by atoms with Crippen LogP contribution in [0.15, 0.2) is 53.5 Å². The van der Waals surface area contributed by atoms with Crippen molar-refractivity contribution in [2.45, 2.75) is 31.2 Å².